The van der Waals surface area contributed by atoms with Crippen molar-refractivity contribution in [2.45, 2.75) is 45.1 Å². The molecule has 1 amide bonds. The lowest BCUT2D eigenvalue weighted by Gasteiger charge is -2.34. The predicted octanol–water partition coefficient (Wildman–Crippen LogP) is 2.35. The van der Waals surface area contributed by atoms with Gasteiger partial charge in [-0.15, -0.1) is 0 Å². The summed E-state index contributed by atoms with van der Waals surface area (Å²) in [5.74, 6) is 0.637. The summed E-state index contributed by atoms with van der Waals surface area (Å²) >= 11 is 0. The number of carbonyl (C=O) groups is 1. The highest BCUT2D eigenvalue weighted by molar-refractivity contribution is 7.89. The number of rotatable bonds is 4. The predicted molar refractivity (Wildman–Crippen MR) is 97.0 cm³/mol. The number of hydrogen-bond acceptors (Lipinski definition) is 4. The van der Waals surface area contributed by atoms with Gasteiger partial charge in [0.1, 0.15) is 11.4 Å². The Balaban J connectivity index is 2.06. The lowest BCUT2D eigenvalue weighted by Crippen LogP contribution is -2.51. The van der Waals surface area contributed by atoms with E-state index in [1.807, 2.05) is 34.6 Å². The summed E-state index contributed by atoms with van der Waals surface area (Å²) < 4.78 is 32.7. The molecule has 2 rings (SSSR count). The van der Waals surface area contributed by atoms with Gasteiger partial charge in [-0.3, -0.25) is 4.79 Å². The highest BCUT2D eigenvalue weighted by atomic mass is 32.2. The topological polar surface area (TPSA) is 66.9 Å². The second-order valence-electron chi connectivity index (χ2n) is 7.57. The minimum Gasteiger partial charge on any atom is -0.488 e. The number of piperazine rings is 1. The number of hydrogen-bond donors (Lipinski definition) is 0. The molecule has 0 N–H and O–H groups in total. The van der Waals surface area contributed by atoms with Crippen molar-refractivity contribution in [1.29, 1.82) is 0 Å². The molecule has 0 radical (unpaired) electrons. The Labute approximate surface area is 150 Å². The first-order chi connectivity index (χ1) is 11.5. The van der Waals surface area contributed by atoms with Crippen molar-refractivity contribution in [2.75, 3.05) is 26.2 Å². The Bertz CT molecular complexity index is 698. The quantitative estimate of drug-likeness (QED) is 0.818. The molecule has 7 heteroatoms. The van der Waals surface area contributed by atoms with Gasteiger partial charge < -0.3 is 9.64 Å². The zero-order valence-corrected chi connectivity index (χ0v) is 16.5. The van der Waals surface area contributed by atoms with Gasteiger partial charge in [0.15, 0.2) is 0 Å². The fourth-order valence-corrected chi connectivity index (χ4v) is 4.12. The minimum atomic E-state index is -3.55. The summed E-state index contributed by atoms with van der Waals surface area (Å²) in [5, 5.41) is 0. The van der Waals surface area contributed by atoms with Crippen LogP contribution >= 0.6 is 0 Å². The summed E-state index contributed by atoms with van der Waals surface area (Å²) in [6.45, 7) is 11.0. The Morgan fingerprint density at radius 2 is 1.56 bits per heavy atom. The lowest BCUT2D eigenvalue weighted by molar-refractivity contribution is -0.135. The number of amides is 1. The molecular formula is C18H28N2O4S. The summed E-state index contributed by atoms with van der Waals surface area (Å²) in [5.41, 5.74) is -0.334. The van der Waals surface area contributed by atoms with Gasteiger partial charge in [0, 0.05) is 32.1 Å². The van der Waals surface area contributed by atoms with E-state index >= 15 is 0 Å². The molecular weight excluding hydrogens is 340 g/mol. The smallest absolute Gasteiger partial charge is 0.243 e. The van der Waals surface area contributed by atoms with Crippen LogP contribution in [0.5, 0.6) is 5.75 Å². The average molecular weight is 368 g/mol. The highest BCUT2D eigenvalue weighted by Gasteiger charge is 2.30. The maximum atomic E-state index is 12.8. The average Bonchev–Trinajstić information content (AvgIpc) is 2.53. The normalized spacial score (nSPS) is 17.0. The standard InChI is InChI=1S/C18H28N2O4S/c1-14(2)17(21)19-10-12-20(13-11-19)25(22,23)16-8-6-15(7-9-16)24-18(3,4)5/h6-9,14H,10-13H2,1-5H3. The van der Waals surface area contributed by atoms with Gasteiger partial charge in [-0.2, -0.15) is 4.31 Å². The fraction of sp³-hybridized carbons (Fsp3) is 0.611. The van der Waals surface area contributed by atoms with E-state index in [1.165, 1.54) is 4.31 Å². The van der Waals surface area contributed by atoms with Gasteiger partial charge in [-0.1, -0.05) is 13.8 Å². The first-order valence-corrected chi connectivity index (χ1v) is 10.0. The molecule has 25 heavy (non-hydrogen) atoms. The van der Waals surface area contributed by atoms with E-state index < -0.39 is 10.0 Å². The summed E-state index contributed by atoms with van der Waals surface area (Å²) in [7, 11) is -3.55. The van der Waals surface area contributed by atoms with Crippen LogP contribution in [-0.4, -0.2) is 55.3 Å². The molecule has 1 heterocycles. The third-order valence-corrected chi connectivity index (χ3v) is 5.84. The van der Waals surface area contributed by atoms with Crippen LogP contribution in [0.15, 0.2) is 29.2 Å². The number of benzene rings is 1. The molecule has 1 fully saturated rings. The molecule has 1 aliphatic rings. The molecule has 1 aliphatic heterocycles. The number of ether oxygens (including phenoxy) is 1. The van der Waals surface area contributed by atoms with E-state index in [2.05, 4.69) is 0 Å². The molecule has 0 aliphatic carbocycles. The summed E-state index contributed by atoms with van der Waals surface area (Å²) in [6.07, 6.45) is 0. The van der Waals surface area contributed by atoms with Gasteiger partial charge in [-0.05, 0) is 45.0 Å². The first-order valence-electron chi connectivity index (χ1n) is 8.59. The Kier molecular flexibility index (Phi) is 5.79. The van der Waals surface area contributed by atoms with E-state index in [4.69, 9.17) is 4.74 Å². The molecule has 6 nitrogen and oxygen atoms in total. The number of sulfonamides is 1. The number of nitrogens with zero attached hydrogens (tertiary/aromatic N) is 2. The van der Waals surface area contributed by atoms with Crippen molar-refractivity contribution in [2.24, 2.45) is 5.92 Å². The Morgan fingerprint density at radius 3 is 2.00 bits per heavy atom. The van der Waals surface area contributed by atoms with Gasteiger partial charge in [0.25, 0.3) is 0 Å². The molecule has 0 aromatic heterocycles. The van der Waals surface area contributed by atoms with E-state index in [0.29, 0.717) is 31.9 Å². The van der Waals surface area contributed by atoms with E-state index in [-0.39, 0.29) is 22.3 Å². The molecule has 1 saturated heterocycles. The van der Waals surface area contributed by atoms with Crippen LogP contribution in [-0.2, 0) is 14.8 Å². The minimum absolute atomic E-state index is 0.0701. The first kappa shape index (κ1) is 19.7. The Hall–Kier alpha value is -1.60. The molecule has 1 aromatic rings. The number of carbonyl (C=O) groups excluding carboxylic acids is 1. The van der Waals surface area contributed by atoms with E-state index in [1.54, 1.807) is 29.2 Å². The van der Waals surface area contributed by atoms with Crippen LogP contribution in [0.2, 0.25) is 0 Å². The summed E-state index contributed by atoms with van der Waals surface area (Å²) in [6, 6.07) is 6.50. The third-order valence-electron chi connectivity index (χ3n) is 3.93. The molecule has 0 bridgehead atoms. The van der Waals surface area contributed by atoms with Crippen LogP contribution in [0.1, 0.15) is 34.6 Å². The maximum Gasteiger partial charge on any atom is 0.243 e. The summed E-state index contributed by atoms with van der Waals surface area (Å²) in [4.78, 5) is 14.0. The van der Waals surface area contributed by atoms with Crippen LogP contribution in [0.4, 0.5) is 0 Å². The molecule has 0 unspecified atom stereocenters. The molecule has 0 saturated carbocycles. The van der Waals surface area contributed by atoms with Crippen molar-refractivity contribution < 1.29 is 17.9 Å². The van der Waals surface area contributed by atoms with Crippen molar-refractivity contribution in [1.82, 2.24) is 9.21 Å². The lowest BCUT2D eigenvalue weighted by atomic mass is 10.2. The third kappa shape index (κ3) is 4.95. The van der Waals surface area contributed by atoms with Crippen LogP contribution in [0.25, 0.3) is 0 Å². The molecule has 0 atom stereocenters. The highest BCUT2D eigenvalue weighted by Crippen LogP contribution is 2.23. The van der Waals surface area contributed by atoms with Crippen LogP contribution in [0, 0.1) is 5.92 Å². The maximum absolute atomic E-state index is 12.8. The second kappa shape index (κ2) is 7.33. The zero-order valence-electron chi connectivity index (χ0n) is 15.7. The van der Waals surface area contributed by atoms with Gasteiger partial charge in [0.05, 0.1) is 4.90 Å². The van der Waals surface area contributed by atoms with E-state index in [0.717, 1.165) is 0 Å². The van der Waals surface area contributed by atoms with Crippen molar-refractivity contribution in [3.8, 4) is 5.75 Å². The molecule has 1 aromatic carbocycles. The van der Waals surface area contributed by atoms with E-state index in [9.17, 15) is 13.2 Å². The fourth-order valence-electron chi connectivity index (χ4n) is 2.70. The van der Waals surface area contributed by atoms with Crippen LogP contribution < -0.4 is 4.74 Å². The molecule has 0 spiro atoms. The van der Waals surface area contributed by atoms with Crippen molar-refractivity contribution >= 4 is 15.9 Å². The van der Waals surface area contributed by atoms with Gasteiger partial charge in [0.2, 0.25) is 15.9 Å². The Morgan fingerprint density at radius 1 is 1.04 bits per heavy atom. The largest absolute Gasteiger partial charge is 0.488 e. The van der Waals surface area contributed by atoms with Gasteiger partial charge >= 0.3 is 0 Å². The van der Waals surface area contributed by atoms with Gasteiger partial charge in [-0.25, -0.2) is 8.42 Å². The van der Waals surface area contributed by atoms with Crippen molar-refractivity contribution in [3.05, 3.63) is 24.3 Å². The zero-order chi connectivity index (χ0) is 18.8. The monoisotopic (exact) mass is 368 g/mol. The second-order valence-corrected chi connectivity index (χ2v) is 9.51. The molecule has 140 valence electrons. The SMILES string of the molecule is CC(C)C(=O)N1CCN(S(=O)(=O)c2ccc(OC(C)(C)C)cc2)CC1. The van der Waals surface area contributed by atoms with Crippen LogP contribution in [0.3, 0.4) is 0 Å². The van der Waals surface area contributed by atoms with Crippen molar-refractivity contribution in [3.63, 3.8) is 0 Å².